The van der Waals surface area contributed by atoms with E-state index in [1.54, 1.807) is 6.07 Å². The summed E-state index contributed by atoms with van der Waals surface area (Å²) in [5, 5.41) is 11.2. The van der Waals surface area contributed by atoms with Gasteiger partial charge in [-0.15, -0.1) is 0 Å². The summed E-state index contributed by atoms with van der Waals surface area (Å²) < 4.78 is 37.3. The van der Waals surface area contributed by atoms with Crippen molar-refractivity contribution in [3.05, 3.63) is 34.1 Å². The molecule has 0 radical (unpaired) electrons. The van der Waals surface area contributed by atoms with E-state index in [2.05, 4.69) is 15.9 Å². The highest BCUT2D eigenvalue weighted by Crippen LogP contribution is 2.18. The summed E-state index contributed by atoms with van der Waals surface area (Å²) in [6, 6.07) is 4.36. The number of rotatable bonds is 6. The van der Waals surface area contributed by atoms with Gasteiger partial charge in [-0.2, -0.15) is 8.78 Å². The highest BCUT2D eigenvalue weighted by atomic mass is 79.9. The molecular weight excluding hydrogens is 327 g/mol. The minimum atomic E-state index is -3.07. The summed E-state index contributed by atoms with van der Waals surface area (Å²) in [6.07, 6.45) is -2.72. The van der Waals surface area contributed by atoms with Gasteiger partial charge in [-0.1, -0.05) is 6.07 Å². The summed E-state index contributed by atoms with van der Waals surface area (Å²) in [4.78, 5) is 10.7. The summed E-state index contributed by atoms with van der Waals surface area (Å²) >= 11 is 3.03. The first-order valence-electron chi connectivity index (χ1n) is 5.54. The van der Waals surface area contributed by atoms with Crippen LogP contribution in [0.4, 0.5) is 13.2 Å². The zero-order valence-corrected chi connectivity index (χ0v) is 11.5. The highest BCUT2D eigenvalue weighted by Gasteiger charge is 2.17. The molecule has 3 nitrogen and oxygen atoms in total. The molecule has 7 heteroatoms. The Kier molecular flexibility index (Phi) is 6.30. The molecule has 106 valence electrons. The quantitative estimate of drug-likeness (QED) is 0.834. The Morgan fingerprint density at radius 2 is 2.11 bits per heavy atom. The molecule has 0 heterocycles. The number of nitrogens with one attached hydrogen (secondary N) is 1. The number of carbonyl (C=O) groups excluding carboxylic acids is 1. The van der Waals surface area contributed by atoms with Crippen LogP contribution in [-0.2, 0) is 11.2 Å². The molecule has 2 N–H and O–H groups in total. The van der Waals surface area contributed by atoms with Gasteiger partial charge in [0.1, 0.15) is 5.82 Å². The fourth-order valence-corrected chi connectivity index (χ4v) is 1.95. The molecule has 1 atom stereocenters. The molecule has 0 unspecified atom stereocenters. The van der Waals surface area contributed by atoms with Gasteiger partial charge in [-0.05, 0) is 40.0 Å². The van der Waals surface area contributed by atoms with Crippen molar-refractivity contribution in [1.29, 1.82) is 0 Å². The topological polar surface area (TPSA) is 49.3 Å². The third-order valence-corrected chi connectivity index (χ3v) is 3.14. The van der Waals surface area contributed by atoms with Crippen molar-refractivity contribution in [3.63, 3.8) is 0 Å². The van der Waals surface area contributed by atoms with Crippen LogP contribution in [0.5, 0.6) is 0 Å². The van der Waals surface area contributed by atoms with Gasteiger partial charge in [0.2, 0.25) is 0 Å². The third kappa shape index (κ3) is 5.20. The van der Waals surface area contributed by atoms with E-state index >= 15 is 0 Å². The monoisotopic (exact) mass is 339 g/mol. The number of amides is 1. The number of halogens is 4. The SMILES string of the molecule is O=C(NC[C@H](CO)Cc1ccc(F)c(Br)c1)C(F)F. The van der Waals surface area contributed by atoms with Crippen molar-refractivity contribution in [2.24, 2.45) is 5.92 Å². The molecule has 1 rings (SSSR count). The van der Waals surface area contributed by atoms with E-state index in [1.807, 2.05) is 5.32 Å². The number of hydrogen-bond donors (Lipinski definition) is 2. The molecule has 0 aliphatic rings. The highest BCUT2D eigenvalue weighted by molar-refractivity contribution is 9.10. The van der Waals surface area contributed by atoms with Crippen LogP contribution < -0.4 is 5.32 Å². The molecule has 0 fully saturated rings. The molecular formula is C12H13BrF3NO2. The second-order valence-corrected chi connectivity index (χ2v) is 4.90. The van der Waals surface area contributed by atoms with Gasteiger partial charge in [0.05, 0.1) is 4.47 Å². The van der Waals surface area contributed by atoms with Crippen LogP contribution in [0.2, 0.25) is 0 Å². The van der Waals surface area contributed by atoms with E-state index in [0.717, 1.165) is 5.56 Å². The lowest BCUT2D eigenvalue weighted by Gasteiger charge is -2.15. The lowest BCUT2D eigenvalue weighted by Crippen LogP contribution is -2.35. The summed E-state index contributed by atoms with van der Waals surface area (Å²) in [5.74, 6) is -2.17. The average Bonchev–Trinajstić information content (AvgIpc) is 2.38. The van der Waals surface area contributed by atoms with Gasteiger partial charge < -0.3 is 10.4 Å². The third-order valence-electron chi connectivity index (χ3n) is 2.53. The Labute approximate surface area is 116 Å². The van der Waals surface area contributed by atoms with Gasteiger partial charge in [-0.25, -0.2) is 4.39 Å². The zero-order valence-electron chi connectivity index (χ0n) is 9.88. The van der Waals surface area contributed by atoms with Crippen LogP contribution >= 0.6 is 15.9 Å². The van der Waals surface area contributed by atoms with E-state index < -0.39 is 24.1 Å². The molecule has 0 spiro atoms. The lowest BCUT2D eigenvalue weighted by molar-refractivity contribution is -0.131. The predicted octanol–water partition coefficient (Wildman–Crippen LogP) is 2.12. The van der Waals surface area contributed by atoms with Crippen molar-refractivity contribution in [2.75, 3.05) is 13.2 Å². The Bertz CT molecular complexity index is 443. The van der Waals surface area contributed by atoms with Crippen LogP contribution in [0.1, 0.15) is 5.56 Å². The second kappa shape index (κ2) is 7.49. The number of hydrogen-bond acceptors (Lipinski definition) is 2. The number of alkyl halides is 2. The summed E-state index contributed by atoms with van der Waals surface area (Å²) in [6.45, 7) is -0.326. The molecule has 1 aromatic rings. The minimum absolute atomic E-state index is 0.0608. The first-order chi connectivity index (χ1) is 8.93. The Balaban J connectivity index is 2.56. The number of benzene rings is 1. The van der Waals surface area contributed by atoms with Crippen molar-refractivity contribution in [2.45, 2.75) is 12.8 Å². The lowest BCUT2D eigenvalue weighted by atomic mass is 10.00. The summed E-state index contributed by atoms with van der Waals surface area (Å²) in [7, 11) is 0. The fraction of sp³-hybridized carbons (Fsp3) is 0.417. The van der Waals surface area contributed by atoms with E-state index in [4.69, 9.17) is 5.11 Å². The predicted molar refractivity (Wildman–Crippen MR) is 67.4 cm³/mol. The van der Waals surface area contributed by atoms with Gasteiger partial charge >= 0.3 is 6.43 Å². The van der Waals surface area contributed by atoms with Crippen LogP contribution in [0.15, 0.2) is 22.7 Å². The zero-order chi connectivity index (χ0) is 14.4. The van der Waals surface area contributed by atoms with E-state index in [0.29, 0.717) is 10.9 Å². The molecule has 0 bridgehead atoms. The van der Waals surface area contributed by atoms with Crippen LogP contribution in [-0.4, -0.2) is 30.6 Å². The second-order valence-electron chi connectivity index (χ2n) is 4.05. The van der Waals surface area contributed by atoms with Crippen molar-refractivity contribution in [1.82, 2.24) is 5.32 Å². The molecule has 0 saturated carbocycles. The van der Waals surface area contributed by atoms with Crippen molar-refractivity contribution in [3.8, 4) is 0 Å². The first kappa shape index (κ1) is 16.0. The Hall–Kier alpha value is -1.08. The van der Waals surface area contributed by atoms with Crippen LogP contribution in [0.3, 0.4) is 0 Å². The summed E-state index contributed by atoms with van der Waals surface area (Å²) in [5.41, 5.74) is 0.735. The number of carbonyl (C=O) groups is 1. The molecule has 0 saturated heterocycles. The maximum atomic E-state index is 13.0. The number of aliphatic hydroxyl groups excluding tert-OH is 1. The first-order valence-corrected chi connectivity index (χ1v) is 6.34. The normalized spacial score (nSPS) is 12.5. The largest absolute Gasteiger partial charge is 0.396 e. The molecule has 1 amide bonds. The molecule has 19 heavy (non-hydrogen) atoms. The van der Waals surface area contributed by atoms with Crippen molar-refractivity contribution >= 4 is 21.8 Å². The van der Waals surface area contributed by atoms with Gasteiger partial charge in [-0.3, -0.25) is 4.79 Å². The van der Waals surface area contributed by atoms with Crippen LogP contribution in [0.25, 0.3) is 0 Å². The number of aliphatic hydroxyl groups is 1. The molecule has 0 aliphatic carbocycles. The van der Waals surface area contributed by atoms with E-state index in [-0.39, 0.29) is 13.2 Å². The maximum Gasteiger partial charge on any atom is 0.315 e. The average molecular weight is 340 g/mol. The van der Waals surface area contributed by atoms with Gasteiger partial charge in [0.15, 0.2) is 0 Å². The molecule has 0 aliphatic heterocycles. The van der Waals surface area contributed by atoms with Crippen LogP contribution in [0, 0.1) is 11.7 Å². The minimum Gasteiger partial charge on any atom is -0.396 e. The van der Waals surface area contributed by atoms with E-state index in [9.17, 15) is 18.0 Å². The standard InChI is InChI=1S/C12H13BrF3NO2/c13-9-4-7(1-2-10(9)14)3-8(6-18)5-17-12(19)11(15)16/h1-2,4,8,11,18H,3,5-6H2,(H,17,19)/t8-/m1/s1. The smallest absolute Gasteiger partial charge is 0.315 e. The Morgan fingerprint density at radius 3 is 2.63 bits per heavy atom. The van der Waals surface area contributed by atoms with Gasteiger partial charge in [0, 0.05) is 19.1 Å². The van der Waals surface area contributed by atoms with Crippen molar-refractivity contribution < 1.29 is 23.1 Å². The van der Waals surface area contributed by atoms with E-state index in [1.165, 1.54) is 12.1 Å². The van der Waals surface area contributed by atoms with Gasteiger partial charge in [0.25, 0.3) is 5.91 Å². The molecule has 0 aromatic heterocycles. The Morgan fingerprint density at radius 1 is 1.42 bits per heavy atom. The maximum absolute atomic E-state index is 13.0. The molecule has 1 aromatic carbocycles. The fourth-order valence-electron chi connectivity index (χ4n) is 1.52.